The molecule has 1 aromatic rings. The van der Waals surface area contributed by atoms with E-state index in [0.717, 1.165) is 18.7 Å². The van der Waals surface area contributed by atoms with Crippen LogP contribution in [0, 0.1) is 11.3 Å². The van der Waals surface area contributed by atoms with E-state index in [1.807, 2.05) is 37.2 Å². The summed E-state index contributed by atoms with van der Waals surface area (Å²) in [5.74, 6) is 0. The Bertz CT molecular complexity index is 361. The molecule has 4 nitrogen and oxygen atoms in total. The molecular weight excluding hydrogens is 188 g/mol. The first-order chi connectivity index (χ1) is 7.31. The van der Waals surface area contributed by atoms with Crippen molar-refractivity contribution < 1.29 is 0 Å². The minimum absolute atomic E-state index is 0.425. The van der Waals surface area contributed by atoms with Gasteiger partial charge < -0.3 is 0 Å². The van der Waals surface area contributed by atoms with Crippen LogP contribution >= 0.6 is 0 Å². The van der Waals surface area contributed by atoms with E-state index in [2.05, 4.69) is 10.1 Å². The van der Waals surface area contributed by atoms with E-state index in [9.17, 15) is 0 Å². The number of rotatable bonds is 4. The molecule has 0 fully saturated rings. The highest BCUT2D eigenvalue weighted by Gasteiger charge is 2.01. The Labute approximate surface area is 89.9 Å². The van der Waals surface area contributed by atoms with Crippen molar-refractivity contribution in [3.63, 3.8) is 0 Å². The number of hydrogen-bond acceptors (Lipinski definition) is 4. The fourth-order valence-corrected chi connectivity index (χ4v) is 1.12. The summed E-state index contributed by atoms with van der Waals surface area (Å²) in [6.45, 7) is 4.84. The van der Waals surface area contributed by atoms with Gasteiger partial charge in [-0.25, -0.2) is 4.98 Å². The van der Waals surface area contributed by atoms with Crippen LogP contribution in [0.2, 0.25) is 0 Å². The molecule has 0 radical (unpaired) electrons. The fraction of sp³-hybridized carbons (Fsp3) is 0.364. The van der Waals surface area contributed by atoms with Gasteiger partial charge in [-0.05, 0) is 25.5 Å². The number of pyridine rings is 1. The molecule has 0 aliphatic carbocycles. The minimum Gasteiger partial charge on any atom is -0.265 e. The number of anilines is 1. The van der Waals surface area contributed by atoms with Crippen LogP contribution in [0.4, 0.5) is 5.69 Å². The monoisotopic (exact) mass is 202 g/mol. The summed E-state index contributed by atoms with van der Waals surface area (Å²) in [5.41, 5.74) is 1.33. The van der Waals surface area contributed by atoms with E-state index >= 15 is 0 Å². The lowest BCUT2D eigenvalue weighted by atomic mass is 10.3. The third kappa shape index (κ3) is 3.06. The molecule has 0 N–H and O–H groups in total. The molecule has 0 unspecified atom stereocenters. The normalized spacial score (nSPS) is 10.2. The Hall–Kier alpha value is -1.89. The molecular formula is C11H14N4. The Morgan fingerprint density at radius 1 is 1.53 bits per heavy atom. The summed E-state index contributed by atoms with van der Waals surface area (Å²) in [4.78, 5) is 4.00. The van der Waals surface area contributed by atoms with Crippen molar-refractivity contribution in [3.8, 4) is 6.07 Å². The van der Waals surface area contributed by atoms with Crippen molar-refractivity contribution in [2.45, 2.75) is 20.3 Å². The molecule has 15 heavy (non-hydrogen) atoms. The second-order valence-corrected chi connectivity index (χ2v) is 2.94. The summed E-state index contributed by atoms with van der Waals surface area (Å²) in [7, 11) is 0. The first-order valence-corrected chi connectivity index (χ1v) is 4.98. The molecule has 0 aliphatic rings. The maximum Gasteiger partial charge on any atom is 0.140 e. The van der Waals surface area contributed by atoms with E-state index < -0.39 is 0 Å². The van der Waals surface area contributed by atoms with Crippen LogP contribution in [0.3, 0.4) is 0 Å². The molecule has 0 aliphatic heterocycles. The van der Waals surface area contributed by atoms with Crippen LogP contribution in [0.5, 0.6) is 0 Å². The van der Waals surface area contributed by atoms with Crippen LogP contribution in [0.1, 0.15) is 26.0 Å². The average Bonchev–Trinajstić information content (AvgIpc) is 2.31. The predicted molar refractivity (Wildman–Crippen MR) is 60.8 cm³/mol. The summed E-state index contributed by atoms with van der Waals surface area (Å²) in [6.07, 6.45) is 4.41. The maximum atomic E-state index is 8.61. The number of aromatic nitrogens is 1. The van der Waals surface area contributed by atoms with Crippen molar-refractivity contribution >= 4 is 11.9 Å². The largest absolute Gasteiger partial charge is 0.265 e. The van der Waals surface area contributed by atoms with Crippen LogP contribution in [0.25, 0.3) is 0 Å². The van der Waals surface area contributed by atoms with Gasteiger partial charge >= 0.3 is 0 Å². The molecule has 1 aromatic heterocycles. The topological polar surface area (TPSA) is 52.3 Å². The SMILES string of the molecule is CC/C=N\N(CC)c1ccc(C#N)nc1. The molecule has 78 valence electrons. The van der Waals surface area contributed by atoms with Gasteiger partial charge in [0.05, 0.1) is 11.9 Å². The minimum atomic E-state index is 0.425. The standard InChI is InChI=1S/C11H14N4/c1-3-7-14-15(4-2)11-6-5-10(8-12)13-9-11/h5-7,9H,3-4H2,1-2H3/b14-7-. The van der Waals surface area contributed by atoms with Crippen molar-refractivity contribution in [1.82, 2.24) is 4.98 Å². The molecule has 0 saturated carbocycles. The quantitative estimate of drug-likeness (QED) is 0.555. The van der Waals surface area contributed by atoms with Gasteiger partial charge in [0.15, 0.2) is 0 Å². The highest BCUT2D eigenvalue weighted by molar-refractivity contribution is 5.59. The molecule has 0 atom stereocenters. The Morgan fingerprint density at radius 3 is 2.80 bits per heavy atom. The van der Waals surface area contributed by atoms with Gasteiger partial charge in [-0.1, -0.05) is 6.92 Å². The molecule has 1 heterocycles. The summed E-state index contributed by atoms with van der Waals surface area (Å²) in [6, 6.07) is 5.53. The molecule has 0 spiro atoms. The lowest BCUT2D eigenvalue weighted by Crippen LogP contribution is -2.15. The molecule has 0 bridgehead atoms. The van der Waals surface area contributed by atoms with E-state index in [0.29, 0.717) is 5.69 Å². The molecule has 0 amide bonds. The first-order valence-electron chi connectivity index (χ1n) is 4.98. The van der Waals surface area contributed by atoms with Gasteiger partial charge in [0, 0.05) is 12.8 Å². The number of nitrogens with zero attached hydrogens (tertiary/aromatic N) is 4. The second kappa shape index (κ2) is 5.76. The van der Waals surface area contributed by atoms with E-state index in [4.69, 9.17) is 5.26 Å². The predicted octanol–water partition coefficient (Wildman–Crippen LogP) is 2.18. The zero-order chi connectivity index (χ0) is 11.1. The Morgan fingerprint density at radius 2 is 2.33 bits per heavy atom. The highest BCUT2D eigenvalue weighted by atomic mass is 15.4. The van der Waals surface area contributed by atoms with Crippen LogP contribution in [-0.2, 0) is 0 Å². The van der Waals surface area contributed by atoms with Crippen LogP contribution in [0.15, 0.2) is 23.4 Å². The van der Waals surface area contributed by atoms with Crippen molar-refractivity contribution in [2.75, 3.05) is 11.6 Å². The average molecular weight is 202 g/mol. The molecule has 1 rings (SSSR count). The number of hydrazone groups is 1. The first kappa shape index (κ1) is 11.2. The van der Waals surface area contributed by atoms with E-state index in [1.165, 1.54) is 0 Å². The number of nitriles is 1. The third-order valence-electron chi connectivity index (χ3n) is 1.86. The smallest absolute Gasteiger partial charge is 0.140 e. The van der Waals surface area contributed by atoms with Gasteiger partial charge in [0.1, 0.15) is 11.8 Å². The van der Waals surface area contributed by atoms with Crippen molar-refractivity contribution in [2.24, 2.45) is 5.10 Å². The third-order valence-corrected chi connectivity index (χ3v) is 1.86. The van der Waals surface area contributed by atoms with Gasteiger partial charge in [-0.15, -0.1) is 0 Å². The Kier molecular flexibility index (Phi) is 4.30. The van der Waals surface area contributed by atoms with Gasteiger partial charge in [0.2, 0.25) is 0 Å². The highest BCUT2D eigenvalue weighted by Crippen LogP contribution is 2.12. The summed E-state index contributed by atoms with van der Waals surface area (Å²) >= 11 is 0. The number of hydrogen-bond donors (Lipinski definition) is 0. The lowest BCUT2D eigenvalue weighted by molar-refractivity contribution is 0.888. The maximum absolute atomic E-state index is 8.61. The molecule has 0 saturated heterocycles. The lowest BCUT2D eigenvalue weighted by Gasteiger charge is -2.15. The van der Waals surface area contributed by atoms with Gasteiger partial charge in [-0.2, -0.15) is 10.4 Å². The van der Waals surface area contributed by atoms with Crippen LogP contribution < -0.4 is 5.01 Å². The zero-order valence-electron chi connectivity index (χ0n) is 9.01. The Balaban J connectivity index is 2.84. The van der Waals surface area contributed by atoms with Gasteiger partial charge in [0.25, 0.3) is 0 Å². The van der Waals surface area contributed by atoms with Gasteiger partial charge in [-0.3, -0.25) is 5.01 Å². The summed E-state index contributed by atoms with van der Waals surface area (Å²) in [5, 5.41) is 14.7. The van der Waals surface area contributed by atoms with E-state index in [1.54, 1.807) is 12.3 Å². The van der Waals surface area contributed by atoms with Crippen molar-refractivity contribution in [1.29, 1.82) is 5.26 Å². The zero-order valence-corrected chi connectivity index (χ0v) is 9.01. The fourth-order valence-electron chi connectivity index (χ4n) is 1.12. The molecule has 4 heteroatoms. The van der Waals surface area contributed by atoms with Crippen molar-refractivity contribution in [3.05, 3.63) is 24.0 Å². The summed E-state index contributed by atoms with van der Waals surface area (Å²) < 4.78 is 0. The van der Waals surface area contributed by atoms with E-state index in [-0.39, 0.29) is 0 Å². The second-order valence-electron chi connectivity index (χ2n) is 2.94. The molecule has 0 aromatic carbocycles. The van der Waals surface area contributed by atoms with Crippen LogP contribution in [-0.4, -0.2) is 17.7 Å².